The first-order chi connectivity index (χ1) is 32.6. The number of carboxylic acids is 1. The summed E-state index contributed by atoms with van der Waals surface area (Å²) >= 11 is 1.21. The van der Waals surface area contributed by atoms with Gasteiger partial charge < -0.3 is 34.8 Å². The fourth-order valence-corrected chi connectivity index (χ4v) is 7.46. The molecule has 13 nitrogen and oxygen atoms in total. The Kier molecular flexibility index (Phi) is 40.7. The molecule has 5 atom stereocenters. The third kappa shape index (κ3) is 43.4. The van der Waals surface area contributed by atoms with Crippen LogP contribution in [-0.2, 0) is 37.5 Å². The Bertz CT molecular complexity index is 1690. The molecule has 0 heterocycles. The topological polar surface area (TPSA) is 192 Å². The Morgan fingerprint density at radius 2 is 1.25 bits per heavy atom. The maximum absolute atomic E-state index is 13.1. The van der Waals surface area contributed by atoms with Crippen LogP contribution >= 0.6 is 19.6 Å². The molecule has 384 valence electrons. The largest absolute Gasteiger partial charge is 0.481 e. The number of hydrogen-bond acceptors (Lipinski definition) is 11. The van der Waals surface area contributed by atoms with Gasteiger partial charge in [-0.2, -0.15) is 0 Å². The SMILES string of the molecule is CC/C=C\C/C=C\C/C=C\C/C=C\C/C=C\C/C=C\CCC(=O)O[C@H](COC(=O)[C@@H](N)CS[C@H](/C=C/C=C/C=C\C/C=C\CCCCC)[C@@H](O)CCCC(=O)O)COP(=O)(O)OCC[N+](C)(C)C. The molecule has 68 heavy (non-hydrogen) atoms. The van der Waals surface area contributed by atoms with Crippen LogP contribution in [0, 0.1) is 0 Å². The summed E-state index contributed by atoms with van der Waals surface area (Å²) in [5.41, 5.74) is 6.20. The van der Waals surface area contributed by atoms with E-state index < -0.39 is 62.4 Å². The number of carbonyl (C=O) groups is 3. The maximum atomic E-state index is 13.1. The van der Waals surface area contributed by atoms with Gasteiger partial charge in [0, 0.05) is 23.8 Å². The lowest BCUT2D eigenvalue weighted by atomic mass is 10.1. The number of nitrogens with two attached hydrogens (primary N) is 1. The Balaban J connectivity index is 5.30. The highest BCUT2D eigenvalue weighted by Crippen LogP contribution is 2.43. The summed E-state index contributed by atoms with van der Waals surface area (Å²) in [7, 11) is 1.15. The molecule has 0 aromatic heterocycles. The van der Waals surface area contributed by atoms with Gasteiger partial charge in [0.1, 0.15) is 25.8 Å². The second-order valence-corrected chi connectivity index (χ2v) is 19.6. The molecular formula is C53H86N2O11PS+. The second-order valence-electron chi connectivity index (χ2n) is 17.0. The molecule has 0 aliphatic rings. The first-order valence-corrected chi connectivity index (χ1v) is 26.7. The van der Waals surface area contributed by atoms with Gasteiger partial charge in [-0.25, -0.2) is 4.57 Å². The summed E-state index contributed by atoms with van der Waals surface area (Å²) in [6, 6.07) is -1.15. The number of allylic oxidation sites excluding steroid dienone is 19. The van der Waals surface area contributed by atoms with E-state index in [4.69, 9.17) is 29.4 Å². The number of carbonyl (C=O) groups excluding carboxylic acids is 2. The van der Waals surface area contributed by atoms with Gasteiger partial charge in [0.15, 0.2) is 6.10 Å². The van der Waals surface area contributed by atoms with E-state index in [1.54, 1.807) is 12.2 Å². The molecule has 1 unspecified atom stereocenters. The number of phosphoric acid groups is 1. The number of likely N-dealkylation sites (N-methyl/N-ethyl adjacent to an activating group) is 1. The van der Waals surface area contributed by atoms with Crippen molar-refractivity contribution in [3.63, 3.8) is 0 Å². The zero-order valence-electron chi connectivity index (χ0n) is 41.7. The number of phosphoric ester groups is 1. The van der Waals surface area contributed by atoms with Crippen molar-refractivity contribution in [2.75, 3.05) is 53.3 Å². The van der Waals surface area contributed by atoms with Crippen molar-refractivity contribution in [3.8, 4) is 0 Å². The molecule has 0 amide bonds. The van der Waals surface area contributed by atoms with E-state index in [1.807, 2.05) is 63.7 Å². The van der Waals surface area contributed by atoms with Crippen LogP contribution in [0.4, 0.5) is 0 Å². The Labute approximate surface area is 413 Å². The summed E-state index contributed by atoms with van der Waals surface area (Å²) < 4.78 is 34.3. The van der Waals surface area contributed by atoms with Crippen LogP contribution in [0.15, 0.2) is 122 Å². The van der Waals surface area contributed by atoms with Crippen molar-refractivity contribution in [3.05, 3.63) is 122 Å². The highest BCUT2D eigenvalue weighted by atomic mass is 32.2. The van der Waals surface area contributed by atoms with Gasteiger partial charge >= 0.3 is 25.7 Å². The lowest BCUT2D eigenvalue weighted by molar-refractivity contribution is -0.870. The molecule has 0 aromatic rings. The average Bonchev–Trinajstić information content (AvgIpc) is 3.28. The van der Waals surface area contributed by atoms with Gasteiger partial charge in [-0.3, -0.25) is 23.4 Å². The third-order valence-electron chi connectivity index (χ3n) is 9.49. The number of aliphatic hydroxyl groups excluding tert-OH is 1. The number of quaternary nitrogens is 1. The van der Waals surface area contributed by atoms with E-state index in [-0.39, 0.29) is 38.0 Å². The molecule has 0 saturated carbocycles. The number of hydrogen-bond donors (Lipinski definition) is 4. The molecule has 0 radical (unpaired) electrons. The zero-order chi connectivity index (χ0) is 50.6. The summed E-state index contributed by atoms with van der Waals surface area (Å²) in [5, 5.41) is 19.5. The van der Waals surface area contributed by atoms with Gasteiger partial charge in [-0.15, -0.1) is 11.8 Å². The Morgan fingerprint density at radius 1 is 0.691 bits per heavy atom. The van der Waals surface area contributed by atoms with E-state index in [1.165, 1.54) is 31.0 Å². The number of esters is 2. The monoisotopic (exact) mass is 990 g/mol. The summed E-state index contributed by atoms with van der Waals surface area (Å²) in [6.45, 7) is 3.58. The minimum atomic E-state index is -4.54. The van der Waals surface area contributed by atoms with Gasteiger partial charge in [0.2, 0.25) is 0 Å². The minimum absolute atomic E-state index is 0.00522. The number of carboxylic acid groups (broad SMARTS) is 1. The van der Waals surface area contributed by atoms with E-state index in [2.05, 4.69) is 80.7 Å². The summed E-state index contributed by atoms with van der Waals surface area (Å²) in [4.78, 5) is 47.3. The van der Waals surface area contributed by atoms with Crippen LogP contribution in [0.25, 0.3) is 0 Å². The average molecular weight is 990 g/mol. The molecule has 0 bridgehead atoms. The van der Waals surface area contributed by atoms with Crippen molar-refractivity contribution in [2.24, 2.45) is 5.73 Å². The number of aliphatic carboxylic acids is 1. The lowest BCUT2D eigenvalue weighted by Gasteiger charge is -2.24. The number of unbranched alkanes of at least 4 members (excludes halogenated alkanes) is 3. The van der Waals surface area contributed by atoms with Crippen LogP contribution in [0.2, 0.25) is 0 Å². The van der Waals surface area contributed by atoms with E-state index in [9.17, 15) is 28.9 Å². The highest BCUT2D eigenvalue weighted by Gasteiger charge is 2.28. The number of aliphatic hydroxyl groups is 1. The van der Waals surface area contributed by atoms with Crippen LogP contribution in [0.1, 0.15) is 117 Å². The van der Waals surface area contributed by atoms with Gasteiger partial charge in [0.05, 0.1) is 33.9 Å². The molecule has 0 saturated heterocycles. The first kappa shape index (κ1) is 64.2. The maximum Gasteiger partial charge on any atom is 0.472 e. The quantitative estimate of drug-likeness (QED) is 0.0113. The van der Waals surface area contributed by atoms with Gasteiger partial charge in [0.25, 0.3) is 0 Å². The van der Waals surface area contributed by atoms with Gasteiger partial charge in [-0.1, -0.05) is 148 Å². The normalized spacial score (nSPS) is 15.8. The standard InChI is InChI=1S/C53H85N2O11PS/c1-6-8-10-12-14-16-18-20-21-22-23-24-25-26-28-30-32-34-36-41-52(59)66-47(45-65-67(61,62)64-43-42-55(3,4)5)44-63-53(60)48(54)46-68-50(49(56)38-37-40-51(57)58)39-35-33-31-29-27-19-17-15-13-11-9-7-2/h8,10,14-17,20-21,23-24,26-29,31-35,39,47-50,56H,6-7,9,11-13,18-19,22,25,30,36-38,40-46,54H2,1-5H3,(H-,57,58,61,62)/p+1/b10-8-,16-14-,17-15-,21-20-,24-23-,28-26-,29-27-,33-31+,34-32-,39-35+/t47-,48+,49+,50-/m1/s1. The zero-order valence-corrected chi connectivity index (χ0v) is 43.4. The van der Waals surface area contributed by atoms with Crippen molar-refractivity contribution in [1.29, 1.82) is 0 Å². The van der Waals surface area contributed by atoms with Crippen molar-refractivity contribution >= 4 is 37.5 Å². The number of rotatable bonds is 42. The van der Waals surface area contributed by atoms with E-state index in [0.29, 0.717) is 23.9 Å². The van der Waals surface area contributed by atoms with Crippen LogP contribution in [0.5, 0.6) is 0 Å². The molecule has 0 aliphatic carbocycles. The predicted molar refractivity (Wildman–Crippen MR) is 280 cm³/mol. The molecule has 0 spiro atoms. The molecule has 15 heteroatoms. The summed E-state index contributed by atoms with van der Waals surface area (Å²) in [5.74, 6) is -2.37. The fourth-order valence-electron chi connectivity index (χ4n) is 5.60. The Hall–Kier alpha value is -3.85. The lowest BCUT2D eigenvalue weighted by Crippen LogP contribution is -2.39. The smallest absolute Gasteiger partial charge is 0.472 e. The minimum Gasteiger partial charge on any atom is -0.481 e. The molecular weight excluding hydrogens is 904 g/mol. The molecule has 5 N–H and O–H groups in total. The third-order valence-corrected chi connectivity index (χ3v) is 11.9. The highest BCUT2D eigenvalue weighted by molar-refractivity contribution is 8.00. The second kappa shape index (κ2) is 43.2. The Morgan fingerprint density at radius 3 is 1.82 bits per heavy atom. The number of nitrogens with zero attached hydrogens (tertiary/aromatic N) is 1. The van der Waals surface area contributed by atoms with Crippen molar-refractivity contribution in [1.82, 2.24) is 0 Å². The number of thioether (sulfide) groups is 1. The summed E-state index contributed by atoms with van der Waals surface area (Å²) in [6.07, 6.45) is 50.3. The van der Waals surface area contributed by atoms with Gasteiger partial charge in [-0.05, 0) is 77.0 Å². The van der Waals surface area contributed by atoms with E-state index in [0.717, 1.165) is 44.9 Å². The predicted octanol–water partition coefficient (Wildman–Crippen LogP) is 11.0. The molecule has 0 aliphatic heterocycles. The van der Waals surface area contributed by atoms with E-state index >= 15 is 0 Å². The van der Waals surface area contributed by atoms with Crippen LogP contribution < -0.4 is 5.73 Å². The van der Waals surface area contributed by atoms with Crippen LogP contribution in [0.3, 0.4) is 0 Å². The van der Waals surface area contributed by atoms with Crippen LogP contribution in [-0.4, -0.2) is 114 Å². The fraction of sp³-hybridized carbons (Fsp3) is 0.566. The van der Waals surface area contributed by atoms with Crippen molar-refractivity contribution in [2.45, 2.75) is 140 Å². The van der Waals surface area contributed by atoms with Crippen molar-refractivity contribution < 1.29 is 57.1 Å². The number of ether oxygens (including phenoxy) is 2. The molecule has 0 rings (SSSR count). The first-order valence-electron chi connectivity index (χ1n) is 24.2. The molecule has 0 fully saturated rings. The molecule has 0 aromatic carbocycles.